The summed E-state index contributed by atoms with van der Waals surface area (Å²) >= 11 is 0. The van der Waals surface area contributed by atoms with Gasteiger partial charge in [0.25, 0.3) is 0 Å². The fraction of sp³-hybridized carbons (Fsp3) is 0.300. The zero-order valence-corrected chi connectivity index (χ0v) is 14.4. The van der Waals surface area contributed by atoms with Crippen LogP contribution in [-0.2, 0) is 9.53 Å². The van der Waals surface area contributed by atoms with Gasteiger partial charge >= 0.3 is 12.1 Å². The average Bonchev–Trinajstić information content (AvgIpc) is 2.93. The summed E-state index contributed by atoms with van der Waals surface area (Å²) in [6.45, 7) is 1.58. The van der Waals surface area contributed by atoms with Crippen LogP contribution in [0.4, 0.5) is 4.79 Å². The van der Waals surface area contributed by atoms with E-state index >= 15 is 0 Å². The van der Waals surface area contributed by atoms with Gasteiger partial charge in [0.15, 0.2) is 0 Å². The van der Waals surface area contributed by atoms with Crippen LogP contribution in [-0.4, -0.2) is 41.0 Å². The Morgan fingerprint density at radius 3 is 2.12 bits per heavy atom. The highest BCUT2D eigenvalue weighted by molar-refractivity contribution is 5.81. The number of amides is 1. The summed E-state index contributed by atoms with van der Waals surface area (Å²) < 4.78 is 5.31. The predicted molar refractivity (Wildman–Crippen MR) is 95.9 cm³/mol. The van der Waals surface area contributed by atoms with Gasteiger partial charge in [-0.1, -0.05) is 48.5 Å². The van der Waals surface area contributed by atoms with E-state index in [1.807, 2.05) is 48.5 Å². The second kappa shape index (κ2) is 7.58. The highest BCUT2D eigenvalue weighted by Gasteiger charge is 2.29. The number of hydrogen-bond acceptors (Lipinski definition) is 4. The summed E-state index contributed by atoms with van der Waals surface area (Å²) in [5, 5.41) is 20.8. The Balaban J connectivity index is 1.70. The molecule has 0 spiro atoms. The second-order valence-corrected chi connectivity index (χ2v) is 6.45. The van der Waals surface area contributed by atoms with Crippen LogP contribution in [0.5, 0.6) is 0 Å². The standard InChI is InChI=1S/C20H21NO5/c1-12(22)10-18(19(23)24)21-20(25)26-11-17-15-8-4-2-6-13(15)14-7-3-5-9-16(14)17/h2-9,12,17-18,22H,10-11H2,1H3,(H,21,25)(H,23,24)/t12-,18-/m0/s1. The molecule has 0 saturated carbocycles. The molecule has 1 aliphatic carbocycles. The van der Waals surface area contributed by atoms with Crippen LogP contribution in [0.2, 0.25) is 0 Å². The van der Waals surface area contributed by atoms with Crippen LogP contribution in [0, 0.1) is 0 Å². The van der Waals surface area contributed by atoms with Gasteiger partial charge in [-0.2, -0.15) is 0 Å². The van der Waals surface area contributed by atoms with Gasteiger partial charge in [0.2, 0.25) is 0 Å². The van der Waals surface area contributed by atoms with Gasteiger partial charge in [-0.15, -0.1) is 0 Å². The molecule has 0 bridgehead atoms. The molecule has 136 valence electrons. The first kappa shape index (κ1) is 17.9. The Morgan fingerprint density at radius 2 is 1.62 bits per heavy atom. The normalized spacial score (nSPS) is 14.8. The highest BCUT2D eigenvalue weighted by Crippen LogP contribution is 2.44. The van der Waals surface area contributed by atoms with Crippen molar-refractivity contribution in [3.05, 3.63) is 59.7 Å². The van der Waals surface area contributed by atoms with E-state index in [9.17, 15) is 14.7 Å². The molecule has 2 aromatic carbocycles. The minimum atomic E-state index is -1.21. The lowest BCUT2D eigenvalue weighted by Crippen LogP contribution is -2.43. The highest BCUT2D eigenvalue weighted by atomic mass is 16.5. The third-order valence-corrected chi connectivity index (χ3v) is 4.51. The molecule has 0 unspecified atom stereocenters. The predicted octanol–water partition coefficient (Wildman–Crippen LogP) is 2.75. The van der Waals surface area contributed by atoms with E-state index in [-0.39, 0.29) is 18.9 Å². The molecule has 6 nitrogen and oxygen atoms in total. The fourth-order valence-electron chi connectivity index (χ4n) is 3.34. The molecule has 2 atom stereocenters. The van der Waals surface area contributed by atoms with Crippen LogP contribution in [0.25, 0.3) is 11.1 Å². The second-order valence-electron chi connectivity index (χ2n) is 6.45. The number of rotatable bonds is 6. The summed E-state index contributed by atoms with van der Waals surface area (Å²) in [5.74, 6) is -1.30. The zero-order chi connectivity index (χ0) is 18.7. The number of ether oxygens (including phenoxy) is 1. The number of nitrogens with one attached hydrogen (secondary N) is 1. The Morgan fingerprint density at radius 1 is 1.08 bits per heavy atom. The number of carbonyl (C=O) groups excluding carboxylic acids is 1. The van der Waals surface area contributed by atoms with Gasteiger partial charge in [-0.3, -0.25) is 0 Å². The number of alkyl carbamates (subject to hydrolysis) is 1. The lowest BCUT2D eigenvalue weighted by atomic mass is 9.98. The third-order valence-electron chi connectivity index (χ3n) is 4.51. The van der Waals surface area contributed by atoms with E-state index < -0.39 is 24.2 Å². The molecule has 6 heteroatoms. The third kappa shape index (κ3) is 3.70. The van der Waals surface area contributed by atoms with E-state index in [0.717, 1.165) is 22.3 Å². The fourth-order valence-corrected chi connectivity index (χ4v) is 3.34. The molecule has 0 fully saturated rings. The Labute approximate surface area is 151 Å². The van der Waals surface area contributed by atoms with Gasteiger partial charge in [0.1, 0.15) is 12.6 Å². The van der Waals surface area contributed by atoms with Gasteiger partial charge in [-0.25, -0.2) is 9.59 Å². The van der Waals surface area contributed by atoms with E-state index in [0.29, 0.717) is 0 Å². The molecule has 0 saturated heterocycles. The molecule has 0 aromatic heterocycles. The number of aliphatic hydroxyl groups excluding tert-OH is 1. The first-order valence-corrected chi connectivity index (χ1v) is 8.49. The summed E-state index contributed by atoms with van der Waals surface area (Å²) in [7, 11) is 0. The molecule has 3 rings (SSSR count). The number of aliphatic hydroxyl groups is 1. The minimum Gasteiger partial charge on any atom is -0.480 e. The summed E-state index contributed by atoms with van der Waals surface area (Å²) in [6, 6.07) is 14.7. The molecule has 26 heavy (non-hydrogen) atoms. The van der Waals surface area contributed by atoms with Crippen molar-refractivity contribution in [3.8, 4) is 11.1 Å². The lowest BCUT2D eigenvalue weighted by molar-refractivity contribution is -0.140. The van der Waals surface area contributed by atoms with Gasteiger partial charge < -0.3 is 20.3 Å². The number of hydrogen-bond donors (Lipinski definition) is 3. The number of carboxylic acid groups (broad SMARTS) is 1. The van der Waals surface area contributed by atoms with Crippen LogP contribution in [0.1, 0.15) is 30.4 Å². The van der Waals surface area contributed by atoms with E-state index in [1.165, 1.54) is 6.92 Å². The van der Waals surface area contributed by atoms with Crippen LogP contribution in [0.3, 0.4) is 0 Å². The average molecular weight is 355 g/mol. The van der Waals surface area contributed by atoms with Crippen molar-refractivity contribution in [2.45, 2.75) is 31.4 Å². The maximum absolute atomic E-state index is 12.0. The van der Waals surface area contributed by atoms with Crippen molar-refractivity contribution >= 4 is 12.1 Å². The SMILES string of the molecule is C[C@H](O)C[C@H](NC(=O)OCC1c2ccccc2-c2ccccc21)C(=O)O. The largest absolute Gasteiger partial charge is 0.480 e. The Hall–Kier alpha value is -2.86. The van der Waals surface area contributed by atoms with E-state index in [1.54, 1.807) is 0 Å². The molecule has 1 aliphatic rings. The molecule has 0 heterocycles. The van der Waals surface area contributed by atoms with E-state index in [2.05, 4.69) is 5.32 Å². The minimum absolute atomic E-state index is 0.0838. The maximum Gasteiger partial charge on any atom is 0.407 e. The van der Waals surface area contributed by atoms with Crippen molar-refractivity contribution in [3.63, 3.8) is 0 Å². The molecular formula is C20H21NO5. The Bertz CT molecular complexity index is 772. The summed E-state index contributed by atoms with van der Waals surface area (Å²) in [4.78, 5) is 23.2. The van der Waals surface area contributed by atoms with Gasteiger partial charge in [-0.05, 0) is 29.2 Å². The number of benzene rings is 2. The zero-order valence-electron chi connectivity index (χ0n) is 14.4. The van der Waals surface area contributed by atoms with Crippen molar-refractivity contribution in [2.75, 3.05) is 6.61 Å². The first-order valence-electron chi connectivity index (χ1n) is 8.49. The topological polar surface area (TPSA) is 95.9 Å². The van der Waals surface area contributed by atoms with Crippen molar-refractivity contribution in [2.24, 2.45) is 0 Å². The molecule has 3 N–H and O–H groups in total. The first-order chi connectivity index (χ1) is 12.5. The molecular weight excluding hydrogens is 334 g/mol. The number of aliphatic carboxylic acids is 1. The molecule has 2 aromatic rings. The number of carboxylic acids is 1. The molecule has 1 amide bonds. The maximum atomic E-state index is 12.0. The van der Waals surface area contributed by atoms with Crippen LogP contribution < -0.4 is 5.32 Å². The number of fused-ring (bicyclic) bond motifs is 3. The lowest BCUT2D eigenvalue weighted by Gasteiger charge is -2.18. The molecule has 0 radical (unpaired) electrons. The van der Waals surface area contributed by atoms with E-state index in [4.69, 9.17) is 9.84 Å². The molecule has 0 aliphatic heterocycles. The van der Waals surface area contributed by atoms with Crippen LogP contribution in [0.15, 0.2) is 48.5 Å². The summed E-state index contributed by atoms with van der Waals surface area (Å²) in [5.41, 5.74) is 4.41. The smallest absolute Gasteiger partial charge is 0.407 e. The Kier molecular flexibility index (Phi) is 5.23. The van der Waals surface area contributed by atoms with Crippen LogP contribution >= 0.6 is 0 Å². The van der Waals surface area contributed by atoms with Gasteiger partial charge in [0, 0.05) is 12.3 Å². The van der Waals surface area contributed by atoms with Gasteiger partial charge in [0.05, 0.1) is 6.10 Å². The van der Waals surface area contributed by atoms with Crippen molar-refractivity contribution in [1.29, 1.82) is 0 Å². The van der Waals surface area contributed by atoms with Crippen molar-refractivity contribution < 1.29 is 24.5 Å². The quantitative estimate of drug-likeness (QED) is 0.740. The number of carbonyl (C=O) groups is 2. The summed E-state index contributed by atoms with van der Waals surface area (Å²) in [6.07, 6.45) is -1.73. The van der Waals surface area contributed by atoms with Crippen molar-refractivity contribution in [1.82, 2.24) is 5.32 Å². The monoisotopic (exact) mass is 355 g/mol.